The van der Waals surface area contributed by atoms with E-state index in [4.69, 9.17) is 4.74 Å². The van der Waals surface area contributed by atoms with Crippen molar-refractivity contribution in [1.29, 1.82) is 0 Å². The van der Waals surface area contributed by atoms with Crippen molar-refractivity contribution in [2.75, 3.05) is 13.7 Å². The van der Waals surface area contributed by atoms with Gasteiger partial charge >= 0.3 is 0 Å². The average Bonchev–Trinajstić information content (AvgIpc) is 2.89. The number of hydrogen-bond acceptors (Lipinski definition) is 3. The van der Waals surface area contributed by atoms with E-state index in [1.165, 1.54) is 31.4 Å². The minimum atomic E-state index is 0.533. The van der Waals surface area contributed by atoms with E-state index < -0.39 is 0 Å². The van der Waals surface area contributed by atoms with E-state index in [9.17, 15) is 0 Å². The van der Waals surface area contributed by atoms with Crippen LogP contribution in [0.3, 0.4) is 0 Å². The Hall–Kier alpha value is -1.06. The van der Waals surface area contributed by atoms with E-state index in [0.29, 0.717) is 12.1 Å². The van der Waals surface area contributed by atoms with Gasteiger partial charge in [0.25, 0.3) is 0 Å². The molecule has 1 saturated heterocycles. The Morgan fingerprint density at radius 1 is 1.44 bits per heavy atom. The normalized spacial score (nSPS) is 20.9. The highest BCUT2D eigenvalue weighted by Crippen LogP contribution is 2.17. The lowest BCUT2D eigenvalue weighted by molar-refractivity contribution is 0.400. The maximum absolute atomic E-state index is 5.36. The van der Waals surface area contributed by atoms with E-state index >= 15 is 0 Å². The van der Waals surface area contributed by atoms with Crippen LogP contribution in [-0.2, 0) is 6.54 Å². The lowest BCUT2D eigenvalue weighted by Crippen LogP contribution is -2.33. The molecule has 1 aliphatic heterocycles. The Bertz CT molecular complexity index is 361. The molecule has 1 heterocycles. The standard InChI is InChI=1S/C15H24N2O/c1-12(10-14-7-5-9-16-14)17-11-13-6-3-4-8-15(13)18-2/h3-4,6,8,12,14,16-17H,5,7,9-11H2,1-2H3. The Morgan fingerprint density at radius 2 is 2.28 bits per heavy atom. The number of methoxy groups -OCH3 is 1. The van der Waals surface area contributed by atoms with Gasteiger partial charge in [0.1, 0.15) is 5.75 Å². The largest absolute Gasteiger partial charge is 0.496 e. The van der Waals surface area contributed by atoms with Crippen molar-refractivity contribution in [1.82, 2.24) is 10.6 Å². The molecule has 3 nitrogen and oxygen atoms in total. The van der Waals surface area contributed by atoms with Crippen LogP contribution in [0, 0.1) is 0 Å². The van der Waals surface area contributed by atoms with Gasteiger partial charge in [0, 0.05) is 24.2 Å². The fraction of sp³-hybridized carbons (Fsp3) is 0.600. The summed E-state index contributed by atoms with van der Waals surface area (Å²) in [5, 5.41) is 7.12. The lowest BCUT2D eigenvalue weighted by atomic mass is 10.1. The van der Waals surface area contributed by atoms with Crippen LogP contribution in [0.25, 0.3) is 0 Å². The molecule has 0 spiro atoms. The van der Waals surface area contributed by atoms with Crippen molar-refractivity contribution < 1.29 is 4.74 Å². The Morgan fingerprint density at radius 3 is 3.00 bits per heavy atom. The fourth-order valence-corrected chi connectivity index (χ4v) is 2.60. The van der Waals surface area contributed by atoms with E-state index in [2.05, 4.69) is 29.7 Å². The highest BCUT2D eigenvalue weighted by atomic mass is 16.5. The third kappa shape index (κ3) is 3.72. The molecule has 2 atom stereocenters. The number of para-hydroxylation sites is 1. The molecule has 1 aliphatic rings. The number of rotatable bonds is 6. The van der Waals surface area contributed by atoms with Crippen LogP contribution in [0.4, 0.5) is 0 Å². The zero-order chi connectivity index (χ0) is 12.8. The zero-order valence-corrected chi connectivity index (χ0v) is 11.4. The van der Waals surface area contributed by atoms with Crippen LogP contribution in [-0.4, -0.2) is 25.7 Å². The molecule has 0 aliphatic carbocycles. The molecule has 1 aromatic rings. The summed E-state index contributed by atoms with van der Waals surface area (Å²) in [5.41, 5.74) is 1.23. The van der Waals surface area contributed by atoms with Crippen molar-refractivity contribution in [3.05, 3.63) is 29.8 Å². The molecule has 3 heteroatoms. The van der Waals surface area contributed by atoms with Gasteiger partial charge in [-0.25, -0.2) is 0 Å². The molecule has 0 aromatic heterocycles. The van der Waals surface area contributed by atoms with Gasteiger partial charge in [0.15, 0.2) is 0 Å². The summed E-state index contributed by atoms with van der Waals surface area (Å²) < 4.78 is 5.36. The fourth-order valence-electron chi connectivity index (χ4n) is 2.60. The third-order valence-electron chi connectivity index (χ3n) is 3.63. The van der Waals surface area contributed by atoms with Gasteiger partial charge in [-0.3, -0.25) is 0 Å². The van der Waals surface area contributed by atoms with Gasteiger partial charge in [-0.05, 0) is 38.8 Å². The first-order valence-corrected chi connectivity index (χ1v) is 6.88. The van der Waals surface area contributed by atoms with Crippen molar-refractivity contribution >= 4 is 0 Å². The minimum absolute atomic E-state index is 0.533. The maximum atomic E-state index is 5.36. The molecule has 1 fully saturated rings. The predicted octanol–water partition coefficient (Wildman–Crippen LogP) is 2.32. The van der Waals surface area contributed by atoms with Crippen LogP contribution >= 0.6 is 0 Å². The molecule has 0 radical (unpaired) electrons. The second-order valence-electron chi connectivity index (χ2n) is 5.12. The van der Waals surface area contributed by atoms with Gasteiger partial charge in [0.2, 0.25) is 0 Å². The van der Waals surface area contributed by atoms with Gasteiger partial charge in [-0.1, -0.05) is 18.2 Å². The molecular formula is C15H24N2O. The van der Waals surface area contributed by atoms with Crippen molar-refractivity contribution in [2.45, 2.75) is 44.8 Å². The highest BCUT2D eigenvalue weighted by Gasteiger charge is 2.16. The molecule has 2 rings (SSSR count). The molecule has 0 bridgehead atoms. The third-order valence-corrected chi connectivity index (χ3v) is 3.63. The number of benzene rings is 1. The van der Waals surface area contributed by atoms with Crippen LogP contribution in [0.2, 0.25) is 0 Å². The quantitative estimate of drug-likeness (QED) is 0.810. The topological polar surface area (TPSA) is 33.3 Å². The molecule has 100 valence electrons. The van der Waals surface area contributed by atoms with E-state index in [1.807, 2.05) is 12.1 Å². The summed E-state index contributed by atoms with van der Waals surface area (Å²) in [4.78, 5) is 0. The molecule has 2 unspecified atom stereocenters. The van der Waals surface area contributed by atoms with E-state index in [-0.39, 0.29) is 0 Å². The summed E-state index contributed by atoms with van der Waals surface area (Å²) in [6, 6.07) is 9.43. The summed E-state index contributed by atoms with van der Waals surface area (Å²) >= 11 is 0. The smallest absolute Gasteiger partial charge is 0.123 e. The molecule has 18 heavy (non-hydrogen) atoms. The number of nitrogens with one attached hydrogen (secondary N) is 2. The minimum Gasteiger partial charge on any atom is -0.496 e. The maximum Gasteiger partial charge on any atom is 0.123 e. The van der Waals surface area contributed by atoms with Crippen LogP contribution in [0.15, 0.2) is 24.3 Å². The summed E-state index contributed by atoms with van der Waals surface area (Å²) in [6.07, 6.45) is 3.85. The second kappa shape index (κ2) is 6.76. The summed E-state index contributed by atoms with van der Waals surface area (Å²) in [7, 11) is 1.73. The van der Waals surface area contributed by atoms with Crippen molar-refractivity contribution in [2.24, 2.45) is 0 Å². The molecule has 2 N–H and O–H groups in total. The molecular weight excluding hydrogens is 224 g/mol. The summed E-state index contributed by atoms with van der Waals surface area (Å²) in [5.74, 6) is 0.969. The van der Waals surface area contributed by atoms with Crippen molar-refractivity contribution in [3.63, 3.8) is 0 Å². The SMILES string of the molecule is COc1ccccc1CNC(C)CC1CCCN1. The molecule has 1 aromatic carbocycles. The Kier molecular flexibility index (Phi) is 5.02. The lowest BCUT2D eigenvalue weighted by Gasteiger charge is -2.19. The van der Waals surface area contributed by atoms with Crippen LogP contribution < -0.4 is 15.4 Å². The first-order valence-electron chi connectivity index (χ1n) is 6.88. The highest BCUT2D eigenvalue weighted by molar-refractivity contribution is 5.32. The monoisotopic (exact) mass is 248 g/mol. The summed E-state index contributed by atoms with van der Waals surface area (Å²) in [6.45, 7) is 4.32. The van der Waals surface area contributed by atoms with Crippen LogP contribution in [0.5, 0.6) is 5.75 Å². The van der Waals surface area contributed by atoms with E-state index in [1.54, 1.807) is 7.11 Å². The Balaban J connectivity index is 1.79. The van der Waals surface area contributed by atoms with Crippen LogP contribution in [0.1, 0.15) is 31.7 Å². The predicted molar refractivity (Wildman–Crippen MR) is 74.9 cm³/mol. The molecule has 0 amide bonds. The number of ether oxygens (including phenoxy) is 1. The van der Waals surface area contributed by atoms with E-state index in [0.717, 1.165) is 12.3 Å². The first kappa shape index (κ1) is 13.4. The average molecular weight is 248 g/mol. The van der Waals surface area contributed by atoms with Gasteiger partial charge < -0.3 is 15.4 Å². The van der Waals surface area contributed by atoms with Gasteiger partial charge in [-0.2, -0.15) is 0 Å². The Labute approximate surface area is 110 Å². The molecule has 0 saturated carbocycles. The first-order chi connectivity index (χ1) is 8.79. The van der Waals surface area contributed by atoms with Crippen molar-refractivity contribution in [3.8, 4) is 5.75 Å². The second-order valence-corrected chi connectivity index (χ2v) is 5.12. The van der Waals surface area contributed by atoms with Gasteiger partial charge in [0.05, 0.1) is 7.11 Å². The zero-order valence-electron chi connectivity index (χ0n) is 11.4. The number of hydrogen-bond donors (Lipinski definition) is 2. The van der Waals surface area contributed by atoms with Gasteiger partial charge in [-0.15, -0.1) is 0 Å².